The Morgan fingerprint density at radius 1 is 0.927 bits per heavy atom. The van der Waals surface area contributed by atoms with Crippen LogP contribution in [0.15, 0.2) is 0 Å². The van der Waals surface area contributed by atoms with Crippen molar-refractivity contribution in [2.24, 2.45) is 29.6 Å². The van der Waals surface area contributed by atoms with Crippen molar-refractivity contribution in [3.05, 3.63) is 0 Å². The lowest BCUT2D eigenvalue weighted by atomic mass is 9.89. The van der Waals surface area contributed by atoms with Crippen LogP contribution in [0.4, 0.5) is 0 Å². The Labute approximate surface area is 331 Å². The highest BCUT2D eigenvalue weighted by Gasteiger charge is 2.44. The number of methoxy groups -OCH3 is 2. The van der Waals surface area contributed by atoms with Gasteiger partial charge in [-0.1, -0.05) is 68.7 Å². The molecule has 10 unspecified atom stereocenters. The monoisotopic (exact) mass is 803 g/mol. The van der Waals surface area contributed by atoms with Gasteiger partial charge < -0.3 is 35.0 Å². The molecule has 0 aromatic heterocycles. The quantitative estimate of drug-likeness (QED) is 0.0899. The number of hydrogen-bond donors (Lipinski definition) is 5. The summed E-state index contributed by atoms with van der Waals surface area (Å²) in [6.45, 7) is 17.8. The topological polar surface area (TPSA) is 196 Å². The molecule has 2 rings (SSSR count). The van der Waals surface area contributed by atoms with E-state index in [1.165, 1.54) is 7.11 Å². The molecule has 0 spiro atoms. The lowest BCUT2D eigenvalue weighted by Gasteiger charge is -2.41. The van der Waals surface area contributed by atoms with Crippen LogP contribution in [0.3, 0.4) is 0 Å². The van der Waals surface area contributed by atoms with E-state index < -0.39 is 75.6 Å². The molecule has 4 amide bonds. The molecular weight excluding hydrogens is 729 g/mol. The van der Waals surface area contributed by atoms with Crippen molar-refractivity contribution in [1.29, 1.82) is 0 Å². The lowest BCUT2D eigenvalue weighted by Crippen LogP contribution is -2.61. The fourth-order valence-electron chi connectivity index (χ4n) is 7.90. The van der Waals surface area contributed by atoms with Gasteiger partial charge in [0.2, 0.25) is 27.7 Å². The van der Waals surface area contributed by atoms with Gasteiger partial charge in [-0.25, -0.2) is 8.42 Å². The maximum atomic E-state index is 14.2. The third-order valence-electron chi connectivity index (χ3n) is 11.5. The van der Waals surface area contributed by atoms with Crippen LogP contribution >= 0.6 is 0 Å². The Morgan fingerprint density at radius 2 is 1.55 bits per heavy atom. The van der Waals surface area contributed by atoms with Gasteiger partial charge in [-0.15, -0.1) is 0 Å². The first-order chi connectivity index (χ1) is 25.7. The van der Waals surface area contributed by atoms with Crippen molar-refractivity contribution in [3.8, 4) is 0 Å². The van der Waals surface area contributed by atoms with E-state index in [0.29, 0.717) is 32.2 Å². The van der Waals surface area contributed by atoms with Crippen LogP contribution in [0.5, 0.6) is 0 Å². The molecular formula is C39H74N6O9S. The van der Waals surface area contributed by atoms with Crippen LogP contribution in [0, 0.1) is 29.6 Å². The van der Waals surface area contributed by atoms with Gasteiger partial charge >= 0.3 is 0 Å². The van der Waals surface area contributed by atoms with Crippen molar-refractivity contribution in [2.45, 2.75) is 161 Å². The van der Waals surface area contributed by atoms with Gasteiger partial charge in [0.25, 0.3) is 5.91 Å². The van der Waals surface area contributed by atoms with Gasteiger partial charge in [0.15, 0.2) is 0 Å². The maximum absolute atomic E-state index is 14.2. The summed E-state index contributed by atoms with van der Waals surface area (Å²) in [5, 5.41) is 19.5. The third kappa shape index (κ3) is 13.3. The molecule has 10 atom stereocenters. The summed E-state index contributed by atoms with van der Waals surface area (Å²) in [5.41, 5.74) is 0. The smallest absolute Gasteiger partial charge is 0.256 e. The van der Waals surface area contributed by atoms with E-state index in [1.807, 2.05) is 55.4 Å². The molecule has 2 fully saturated rings. The summed E-state index contributed by atoms with van der Waals surface area (Å²) in [7, 11) is 2.74. The van der Waals surface area contributed by atoms with Crippen LogP contribution in [0.2, 0.25) is 0 Å². The number of likely N-dealkylation sites (N-methyl/N-ethyl adjacent to an activating group) is 2. The number of likely N-dealkylation sites (tertiary alicyclic amines) is 1. The highest BCUT2D eigenvalue weighted by atomic mass is 32.2. The molecule has 16 heteroatoms. The summed E-state index contributed by atoms with van der Waals surface area (Å²) in [5.74, 6) is -2.49. The first-order valence-electron chi connectivity index (χ1n) is 20.3. The van der Waals surface area contributed by atoms with Gasteiger partial charge in [-0.3, -0.25) is 29.2 Å². The number of sulfonamides is 1. The molecule has 0 radical (unpaired) electrons. The summed E-state index contributed by atoms with van der Waals surface area (Å²) in [4.78, 5) is 58.6. The number of rotatable bonds is 24. The van der Waals surface area contributed by atoms with Gasteiger partial charge in [-0.2, -0.15) is 0 Å². The highest BCUT2D eigenvalue weighted by Crippen LogP contribution is 2.30. The molecule has 5 N–H and O–H groups in total. The normalized spacial score (nSPS) is 21.4. The number of ether oxygens (including phenoxy) is 2. The summed E-state index contributed by atoms with van der Waals surface area (Å²) < 4.78 is 39.1. The second-order valence-electron chi connectivity index (χ2n) is 16.9. The molecule has 0 aromatic rings. The van der Waals surface area contributed by atoms with E-state index in [1.54, 1.807) is 37.9 Å². The highest BCUT2D eigenvalue weighted by molar-refractivity contribution is 7.90. The number of aliphatic hydroxyl groups excluding tert-OH is 1. The summed E-state index contributed by atoms with van der Waals surface area (Å²) in [6.07, 6.45) is 0.912. The Balaban J connectivity index is 2.27. The summed E-state index contributed by atoms with van der Waals surface area (Å²) in [6, 6.07) is -2.93. The fourth-order valence-corrected chi connectivity index (χ4v) is 9.24. The predicted molar refractivity (Wildman–Crippen MR) is 213 cm³/mol. The number of nitrogens with zero attached hydrogens (tertiary/aromatic N) is 2. The average molecular weight is 803 g/mol. The largest absolute Gasteiger partial charge is 0.379 e. The van der Waals surface area contributed by atoms with Crippen LogP contribution < -0.4 is 20.7 Å². The molecule has 1 saturated heterocycles. The first-order valence-corrected chi connectivity index (χ1v) is 21.8. The van der Waals surface area contributed by atoms with Crippen molar-refractivity contribution in [2.75, 3.05) is 34.9 Å². The van der Waals surface area contributed by atoms with Crippen LogP contribution in [-0.2, 0) is 38.7 Å². The van der Waals surface area contributed by atoms with Crippen LogP contribution in [0.1, 0.15) is 107 Å². The molecule has 320 valence electrons. The molecule has 2 aliphatic rings. The zero-order valence-electron chi connectivity index (χ0n) is 35.8. The Bertz CT molecular complexity index is 1360. The third-order valence-corrected chi connectivity index (χ3v) is 13.3. The van der Waals surface area contributed by atoms with Gasteiger partial charge in [0.05, 0.1) is 47.9 Å². The van der Waals surface area contributed by atoms with Gasteiger partial charge in [0.1, 0.15) is 12.3 Å². The molecule has 0 bridgehead atoms. The average Bonchev–Trinajstić information content (AvgIpc) is 3.88. The standard InChI is InChI=1S/C39H74N6O9S/c1-14-25(8)34(44(11)39(50)33(24(6)7)42-38(49)32(40-10)23(4)5)30(53-12)21-31(46)45-19-15-16-29(45)35(54-13)26(9)36(47)41-28(20-22(2)3)37(48)43-55(51,52)27-17-18-27/h22-30,32-35,38,40,42,49H,14-21H2,1-13H3,(H,41,47)(H,43,48). The number of nitrogens with one attached hydrogen (secondary N) is 4. The minimum Gasteiger partial charge on any atom is -0.379 e. The number of aliphatic hydroxyl groups is 1. The molecule has 1 aliphatic carbocycles. The SMILES string of the molecule is CCC(C)C(C(CC(=O)N1CCCC1C(OC)C(C)C(=O)NC(CC(C)C)C(=O)NS(=O)(=O)C1CC1)OC)N(C)C(=O)C(NC(O)C(NC)C(C)C)C(C)C. The number of carbonyl (C=O) groups excluding carboxylic acids is 4. The molecule has 1 saturated carbocycles. The molecule has 55 heavy (non-hydrogen) atoms. The number of hydrogen-bond acceptors (Lipinski definition) is 11. The van der Waals surface area contributed by atoms with Crippen molar-refractivity contribution in [3.63, 3.8) is 0 Å². The van der Waals surface area contributed by atoms with Crippen LogP contribution in [0.25, 0.3) is 0 Å². The Kier molecular flexibility index (Phi) is 19.5. The molecule has 1 heterocycles. The second kappa shape index (κ2) is 22.0. The first kappa shape index (κ1) is 48.8. The predicted octanol–water partition coefficient (Wildman–Crippen LogP) is 2.22. The van der Waals surface area contributed by atoms with Crippen molar-refractivity contribution < 1.29 is 42.2 Å². The van der Waals surface area contributed by atoms with Gasteiger partial charge in [0, 0.05) is 33.9 Å². The minimum atomic E-state index is -3.80. The second-order valence-corrected chi connectivity index (χ2v) is 18.8. The number of amides is 4. The zero-order chi connectivity index (χ0) is 41.9. The Hall–Kier alpha value is -2.37. The molecule has 0 aromatic carbocycles. The number of carbonyl (C=O) groups is 4. The minimum absolute atomic E-state index is 0.00631. The van der Waals surface area contributed by atoms with Gasteiger partial charge in [-0.05, 0) is 62.8 Å². The van der Waals surface area contributed by atoms with E-state index in [4.69, 9.17) is 9.47 Å². The van der Waals surface area contributed by atoms with E-state index in [0.717, 1.165) is 6.42 Å². The zero-order valence-corrected chi connectivity index (χ0v) is 36.6. The van der Waals surface area contributed by atoms with Crippen LogP contribution in [-0.4, -0.2) is 136 Å². The Morgan fingerprint density at radius 3 is 2.02 bits per heavy atom. The fraction of sp³-hybridized carbons (Fsp3) is 0.897. The van der Waals surface area contributed by atoms with E-state index in [9.17, 15) is 32.7 Å². The summed E-state index contributed by atoms with van der Waals surface area (Å²) >= 11 is 0. The van der Waals surface area contributed by atoms with Crippen molar-refractivity contribution in [1.82, 2.24) is 30.5 Å². The van der Waals surface area contributed by atoms with Crippen molar-refractivity contribution >= 4 is 33.7 Å². The maximum Gasteiger partial charge on any atom is 0.256 e. The van der Waals surface area contributed by atoms with E-state index in [-0.39, 0.29) is 54.4 Å². The lowest BCUT2D eigenvalue weighted by molar-refractivity contribution is -0.147. The molecule has 15 nitrogen and oxygen atoms in total. The van der Waals surface area contributed by atoms with E-state index in [2.05, 4.69) is 20.7 Å². The molecule has 1 aliphatic heterocycles. The van der Waals surface area contributed by atoms with E-state index >= 15 is 0 Å².